The summed E-state index contributed by atoms with van der Waals surface area (Å²) in [5.41, 5.74) is 0.755. The summed E-state index contributed by atoms with van der Waals surface area (Å²) >= 11 is 5.95. The molecule has 1 heterocycles. The molecular formula is C15H14ClNO3. The third-order valence-corrected chi connectivity index (χ3v) is 4.04. The van der Waals surface area contributed by atoms with Crippen LogP contribution in [0.1, 0.15) is 28.9 Å². The van der Waals surface area contributed by atoms with Gasteiger partial charge in [-0.1, -0.05) is 11.6 Å². The molecule has 1 N–H and O–H groups in total. The minimum atomic E-state index is -1.06. The standard InChI is InChI=1S/C15H14ClNO3/c1-8-13(15(19)20)17(7-9-2-3-9)12-5-4-10(16)6-11(12)14(8)18/h4-6,9H,2-3,7H2,1H3,(H,19,20). The normalized spacial score (nSPS) is 14.7. The van der Waals surface area contributed by atoms with Gasteiger partial charge in [-0.15, -0.1) is 0 Å². The molecule has 1 aromatic heterocycles. The number of hydrogen-bond donors (Lipinski definition) is 1. The first-order valence-electron chi connectivity index (χ1n) is 6.55. The van der Waals surface area contributed by atoms with Crippen molar-refractivity contribution >= 4 is 28.5 Å². The summed E-state index contributed by atoms with van der Waals surface area (Å²) in [5, 5.41) is 10.4. The van der Waals surface area contributed by atoms with Gasteiger partial charge in [-0.05, 0) is 43.9 Å². The lowest BCUT2D eigenvalue weighted by Crippen LogP contribution is -2.22. The number of nitrogens with zero attached hydrogens (tertiary/aromatic N) is 1. The molecule has 20 heavy (non-hydrogen) atoms. The number of halogens is 1. The number of pyridine rings is 1. The smallest absolute Gasteiger partial charge is 0.352 e. The Bertz CT molecular complexity index is 775. The van der Waals surface area contributed by atoms with Gasteiger partial charge in [-0.2, -0.15) is 0 Å². The molecule has 3 rings (SSSR count). The molecule has 0 unspecified atom stereocenters. The number of benzene rings is 1. The van der Waals surface area contributed by atoms with E-state index in [4.69, 9.17) is 11.6 Å². The average Bonchev–Trinajstić information content (AvgIpc) is 3.19. The van der Waals surface area contributed by atoms with Gasteiger partial charge in [0.25, 0.3) is 0 Å². The van der Waals surface area contributed by atoms with Gasteiger partial charge in [-0.3, -0.25) is 4.79 Å². The van der Waals surface area contributed by atoms with Crippen molar-refractivity contribution in [3.63, 3.8) is 0 Å². The molecule has 1 aromatic carbocycles. The van der Waals surface area contributed by atoms with Crippen molar-refractivity contribution in [3.05, 3.63) is 44.7 Å². The Labute approximate surface area is 120 Å². The summed E-state index contributed by atoms with van der Waals surface area (Å²) in [4.78, 5) is 23.8. The van der Waals surface area contributed by atoms with E-state index in [9.17, 15) is 14.7 Å². The van der Waals surface area contributed by atoms with Crippen LogP contribution in [0.2, 0.25) is 5.02 Å². The van der Waals surface area contributed by atoms with E-state index in [1.807, 2.05) is 0 Å². The molecule has 0 bridgehead atoms. The van der Waals surface area contributed by atoms with E-state index >= 15 is 0 Å². The topological polar surface area (TPSA) is 59.3 Å². The van der Waals surface area contributed by atoms with Crippen LogP contribution in [0.3, 0.4) is 0 Å². The number of rotatable bonds is 3. The molecule has 1 saturated carbocycles. The van der Waals surface area contributed by atoms with E-state index in [0.717, 1.165) is 12.8 Å². The van der Waals surface area contributed by atoms with E-state index in [-0.39, 0.29) is 16.7 Å². The highest BCUT2D eigenvalue weighted by atomic mass is 35.5. The number of aromatic nitrogens is 1. The first-order valence-corrected chi connectivity index (χ1v) is 6.93. The van der Waals surface area contributed by atoms with Crippen LogP contribution in [-0.2, 0) is 6.54 Å². The van der Waals surface area contributed by atoms with E-state index in [0.29, 0.717) is 28.4 Å². The van der Waals surface area contributed by atoms with Crippen molar-refractivity contribution in [2.45, 2.75) is 26.3 Å². The molecule has 1 aliphatic carbocycles. The Morgan fingerprint density at radius 2 is 2.15 bits per heavy atom. The van der Waals surface area contributed by atoms with Crippen LogP contribution < -0.4 is 5.43 Å². The molecule has 1 aliphatic rings. The number of aromatic carboxylic acids is 1. The molecule has 0 saturated heterocycles. The molecule has 2 aromatic rings. The maximum absolute atomic E-state index is 12.3. The van der Waals surface area contributed by atoms with Crippen molar-refractivity contribution in [1.82, 2.24) is 4.57 Å². The molecule has 4 nitrogen and oxygen atoms in total. The highest BCUT2D eigenvalue weighted by Crippen LogP contribution is 2.32. The number of fused-ring (bicyclic) bond motifs is 1. The van der Waals surface area contributed by atoms with E-state index in [1.54, 1.807) is 29.7 Å². The zero-order valence-corrected chi connectivity index (χ0v) is 11.8. The molecule has 0 aliphatic heterocycles. The second kappa shape index (κ2) is 4.63. The molecular weight excluding hydrogens is 278 g/mol. The minimum absolute atomic E-state index is 0.0942. The fraction of sp³-hybridized carbons (Fsp3) is 0.333. The number of hydrogen-bond acceptors (Lipinski definition) is 2. The van der Waals surface area contributed by atoms with E-state index in [1.165, 1.54) is 0 Å². The quantitative estimate of drug-likeness (QED) is 0.945. The van der Waals surface area contributed by atoms with Gasteiger partial charge in [0.15, 0.2) is 5.43 Å². The average molecular weight is 292 g/mol. The SMILES string of the molecule is Cc1c(C(=O)O)n(CC2CC2)c2ccc(Cl)cc2c1=O. The molecule has 0 radical (unpaired) electrons. The zero-order valence-electron chi connectivity index (χ0n) is 11.0. The predicted octanol–water partition coefficient (Wildman–Crippen LogP) is 3.07. The third-order valence-electron chi connectivity index (χ3n) is 3.80. The van der Waals surface area contributed by atoms with Gasteiger partial charge in [0.2, 0.25) is 0 Å². The largest absolute Gasteiger partial charge is 0.477 e. The molecule has 0 atom stereocenters. The monoisotopic (exact) mass is 291 g/mol. The lowest BCUT2D eigenvalue weighted by molar-refractivity contribution is 0.0683. The molecule has 0 amide bonds. The van der Waals surface area contributed by atoms with Crippen molar-refractivity contribution in [3.8, 4) is 0 Å². The van der Waals surface area contributed by atoms with Crippen LogP contribution in [0.15, 0.2) is 23.0 Å². The van der Waals surface area contributed by atoms with Crippen molar-refractivity contribution < 1.29 is 9.90 Å². The van der Waals surface area contributed by atoms with Crippen LogP contribution in [-0.4, -0.2) is 15.6 Å². The van der Waals surface area contributed by atoms with Crippen LogP contribution in [0.4, 0.5) is 0 Å². The first-order chi connectivity index (χ1) is 9.49. The Kier molecular flexibility index (Phi) is 3.05. The maximum atomic E-state index is 12.3. The summed E-state index contributed by atoms with van der Waals surface area (Å²) in [6.07, 6.45) is 2.22. The molecule has 1 fully saturated rings. The Morgan fingerprint density at radius 1 is 1.45 bits per heavy atom. The Morgan fingerprint density at radius 3 is 2.75 bits per heavy atom. The summed E-state index contributed by atoms with van der Waals surface area (Å²) in [6.45, 7) is 2.20. The summed E-state index contributed by atoms with van der Waals surface area (Å²) < 4.78 is 1.75. The van der Waals surface area contributed by atoms with Crippen molar-refractivity contribution in [1.29, 1.82) is 0 Å². The van der Waals surface area contributed by atoms with Crippen LogP contribution in [0, 0.1) is 12.8 Å². The second-order valence-corrected chi connectivity index (χ2v) is 5.76. The lowest BCUT2D eigenvalue weighted by atomic mass is 10.1. The van der Waals surface area contributed by atoms with Gasteiger partial charge in [0.1, 0.15) is 5.69 Å². The Hall–Kier alpha value is -1.81. The first kappa shape index (κ1) is 13.2. The predicted molar refractivity (Wildman–Crippen MR) is 77.6 cm³/mol. The molecule has 0 spiro atoms. The fourth-order valence-electron chi connectivity index (χ4n) is 2.58. The highest BCUT2D eigenvalue weighted by molar-refractivity contribution is 6.31. The maximum Gasteiger partial charge on any atom is 0.352 e. The second-order valence-electron chi connectivity index (χ2n) is 5.32. The summed E-state index contributed by atoms with van der Waals surface area (Å²) in [5.74, 6) is -0.550. The van der Waals surface area contributed by atoms with Gasteiger partial charge in [0.05, 0.1) is 5.52 Å². The van der Waals surface area contributed by atoms with Gasteiger partial charge in [-0.25, -0.2) is 4.79 Å². The fourth-order valence-corrected chi connectivity index (χ4v) is 2.75. The van der Waals surface area contributed by atoms with E-state index in [2.05, 4.69) is 0 Å². The van der Waals surface area contributed by atoms with Gasteiger partial charge in [0, 0.05) is 22.5 Å². The van der Waals surface area contributed by atoms with Gasteiger partial charge >= 0.3 is 5.97 Å². The van der Waals surface area contributed by atoms with Crippen molar-refractivity contribution in [2.75, 3.05) is 0 Å². The molecule has 104 valence electrons. The lowest BCUT2D eigenvalue weighted by Gasteiger charge is -2.16. The Balaban J connectivity index is 2.40. The molecule has 5 heteroatoms. The van der Waals surface area contributed by atoms with Gasteiger partial charge < -0.3 is 9.67 Å². The number of carboxylic acids is 1. The highest BCUT2D eigenvalue weighted by Gasteiger charge is 2.26. The number of carbonyl (C=O) groups is 1. The summed E-state index contributed by atoms with van der Waals surface area (Å²) in [7, 11) is 0. The summed E-state index contributed by atoms with van der Waals surface area (Å²) in [6, 6.07) is 5.03. The zero-order chi connectivity index (χ0) is 14.4. The van der Waals surface area contributed by atoms with E-state index < -0.39 is 5.97 Å². The van der Waals surface area contributed by atoms with Crippen LogP contribution in [0.5, 0.6) is 0 Å². The van der Waals surface area contributed by atoms with Crippen LogP contribution in [0.25, 0.3) is 10.9 Å². The third kappa shape index (κ3) is 2.10. The van der Waals surface area contributed by atoms with Crippen molar-refractivity contribution in [2.24, 2.45) is 5.92 Å². The minimum Gasteiger partial charge on any atom is -0.477 e. The van der Waals surface area contributed by atoms with Crippen LogP contribution >= 0.6 is 11.6 Å². The number of carboxylic acid groups (broad SMARTS) is 1.